The number of benzene rings is 3. The molecule has 0 radical (unpaired) electrons. The molecule has 0 fully saturated rings. The maximum absolute atomic E-state index is 12.6. The Bertz CT molecular complexity index is 1170. The molecule has 0 atom stereocenters. The molecule has 0 amide bonds. The van der Waals surface area contributed by atoms with Crippen LogP contribution in [0.1, 0.15) is 22.4 Å². The lowest BCUT2D eigenvalue weighted by atomic mass is 10.1. The van der Waals surface area contributed by atoms with E-state index in [1.807, 2.05) is 55.5 Å². The predicted molar refractivity (Wildman–Crippen MR) is 120 cm³/mol. The second kappa shape index (κ2) is 8.64. The van der Waals surface area contributed by atoms with Gasteiger partial charge in [-0.25, -0.2) is 0 Å². The van der Waals surface area contributed by atoms with Crippen LogP contribution in [-0.4, -0.2) is 9.88 Å². The summed E-state index contributed by atoms with van der Waals surface area (Å²) in [5.74, 6) is 0. The van der Waals surface area contributed by atoms with Crippen molar-refractivity contribution in [2.75, 3.05) is 0 Å². The van der Waals surface area contributed by atoms with E-state index < -0.39 is 0 Å². The Labute approximate surface area is 175 Å². The Hall–Kier alpha value is -2.88. The van der Waals surface area contributed by atoms with Crippen molar-refractivity contribution in [2.24, 2.45) is 0 Å². The van der Waals surface area contributed by atoms with Gasteiger partial charge in [-0.3, -0.25) is 9.69 Å². The Balaban J connectivity index is 1.63. The van der Waals surface area contributed by atoms with Gasteiger partial charge in [-0.05, 0) is 42.3 Å². The van der Waals surface area contributed by atoms with E-state index in [0.717, 1.165) is 40.3 Å². The summed E-state index contributed by atoms with van der Waals surface area (Å²) in [5, 5.41) is 1.47. The highest BCUT2D eigenvalue weighted by Gasteiger charge is 2.11. The van der Waals surface area contributed by atoms with Crippen molar-refractivity contribution in [1.29, 1.82) is 0 Å². The molecule has 1 heterocycles. The van der Waals surface area contributed by atoms with E-state index in [4.69, 9.17) is 11.6 Å². The zero-order chi connectivity index (χ0) is 20.2. The number of hydrogen-bond donors (Lipinski definition) is 1. The molecule has 29 heavy (non-hydrogen) atoms. The summed E-state index contributed by atoms with van der Waals surface area (Å²) < 4.78 is 0. The van der Waals surface area contributed by atoms with Crippen LogP contribution < -0.4 is 5.43 Å². The third-order valence-electron chi connectivity index (χ3n) is 5.00. The van der Waals surface area contributed by atoms with Crippen LogP contribution in [0.4, 0.5) is 0 Å². The molecular weight excluding hydrogens is 380 g/mol. The second-order valence-corrected chi connectivity index (χ2v) is 7.90. The van der Waals surface area contributed by atoms with Crippen molar-refractivity contribution in [3.05, 3.63) is 116 Å². The lowest BCUT2D eigenvalue weighted by Gasteiger charge is -2.23. The number of nitrogens with one attached hydrogen (secondary N) is 1. The molecule has 0 saturated carbocycles. The van der Waals surface area contributed by atoms with Crippen molar-refractivity contribution in [2.45, 2.75) is 26.6 Å². The van der Waals surface area contributed by atoms with E-state index >= 15 is 0 Å². The first-order chi connectivity index (χ1) is 14.1. The van der Waals surface area contributed by atoms with Crippen LogP contribution in [0.5, 0.6) is 0 Å². The van der Waals surface area contributed by atoms with Crippen LogP contribution in [0.25, 0.3) is 10.9 Å². The summed E-state index contributed by atoms with van der Waals surface area (Å²) in [6.45, 7) is 4.20. The number of pyridine rings is 1. The van der Waals surface area contributed by atoms with Gasteiger partial charge in [0.05, 0.1) is 0 Å². The molecule has 3 aromatic carbocycles. The summed E-state index contributed by atoms with van der Waals surface area (Å²) in [4.78, 5) is 18.4. The Morgan fingerprint density at radius 2 is 1.52 bits per heavy atom. The summed E-state index contributed by atoms with van der Waals surface area (Å²) >= 11 is 6.04. The van der Waals surface area contributed by atoms with Gasteiger partial charge in [-0.1, -0.05) is 65.7 Å². The van der Waals surface area contributed by atoms with Gasteiger partial charge in [0.1, 0.15) is 0 Å². The highest BCUT2D eigenvalue weighted by Crippen LogP contribution is 2.17. The van der Waals surface area contributed by atoms with E-state index in [1.165, 1.54) is 11.1 Å². The lowest BCUT2D eigenvalue weighted by molar-refractivity contribution is 0.245. The first-order valence-corrected chi connectivity index (χ1v) is 10.1. The minimum absolute atomic E-state index is 0.0589. The van der Waals surface area contributed by atoms with Gasteiger partial charge in [0.15, 0.2) is 5.43 Å². The van der Waals surface area contributed by atoms with Gasteiger partial charge in [-0.2, -0.15) is 0 Å². The maximum atomic E-state index is 12.6. The fourth-order valence-electron chi connectivity index (χ4n) is 3.60. The average Bonchev–Trinajstić information content (AvgIpc) is 2.71. The van der Waals surface area contributed by atoms with Crippen molar-refractivity contribution >= 4 is 22.5 Å². The molecule has 0 saturated heterocycles. The molecule has 146 valence electrons. The zero-order valence-corrected chi connectivity index (χ0v) is 17.1. The SMILES string of the molecule is Cc1ccc2[nH]c(CN(Cc3ccccc3)Cc3ccc(Cl)cc3)cc(=O)c2c1. The van der Waals surface area contributed by atoms with Crippen LogP contribution in [0, 0.1) is 6.92 Å². The van der Waals surface area contributed by atoms with E-state index in [-0.39, 0.29) is 5.43 Å². The fraction of sp³-hybridized carbons (Fsp3) is 0.160. The van der Waals surface area contributed by atoms with Gasteiger partial charge in [0, 0.05) is 47.3 Å². The van der Waals surface area contributed by atoms with Gasteiger partial charge < -0.3 is 4.98 Å². The fourth-order valence-corrected chi connectivity index (χ4v) is 3.73. The molecule has 0 unspecified atom stereocenters. The Kier molecular flexibility index (Phi) is 5.79. The van der Waals surface area contributed by atoms with Crippen LogP contribution >= 0.6 is 11.6 Å². The van der Waals surface area contributed by atoms with Crippen LogP contribution in [0.15, 0.2) is 83.7 Å². The zero-order valence-electron chi connectivity index (χ0n) is 16.4. The molecule has 0 spiro atoms. The third-order valence-corrected chi connectivity index (χ3v) is 5.26. The number of fused-ring (bicyclic) bond motifs is 1. The highest BCUT2D eigenvalue weighted by molar-refractivity contribution is 6.30. The van der Waals surface area contributed by atoms with Gasteiger partial charge in [0.2, 0.25) is 0 Å². The highest BCUT2D eigenvalue weighted by atomic mass is 35.5. The molecule has 3 nitrogen and oxygen atoms in total. The normalized spacial score (nSPS) is 11.3. The second-order valence-electron chi connectivity index (χ2n) is 7.47. The summed E-state index contributed by atoms with van der Waals surface area (Å²) in [7, 11) is 0. The number of aromatic amines is 1. The van der Waals surface area contributed by atoms with E-state index in [2.05, 4.69) is 34.1 Å². The number of rotatable bonds is 6. The molecule has 4 aromatic rings. The summed E-state index contributed by atoms with van der Waals surface area (Å²) in [6, 6.07) is 26.0. The molecule has 4 heteroatoms. The molecule has 0 aliphatic heterocycles. The first kappa shape index (κ1) is 19.4. The number of aryl methyl sites for hydroxylation is 1. The minimum atomic E-state index is 0.0589. The number of hydrogen-bond acceptors (Lipinski definition) is 2. The van der Waals surface area contributed by atoms with E-state index in [1.54, 1.807) is 6.07 Å². The molecule has 0 aliphatic carbocycles. The van der Waals surface area contributed by atoms with Crippen molar-refractivity contribution in [1.82, 2.24) is 9.88 Å². The number of halogens is 1. The van der Waals surface area contributed by atoms with Crippen molar-refractivity contribution in [3.63, 3.8) is 0 Å². The molecule has 0 bridgehead atoms. The number of nitrogens with zero attached hydrogens (tertiary/aromatic N) is 1. The lowest BCUT2D eigenvalue weighted by Crippen LogP contribution is -2.24. The standard InChI is InChI=1S/C25H23ClN2O/c1-18-7-12-24-23(13-18)25(29)14-22(27-24)17-28(15-19-5-3-2-4-6-19)16-20-8-10-21(26)11-9-20/h2-14H,15-17H2,1H3,(H,27,29). The number of aromatic nitrogens is 1. The summed E-state index contributed by atoms with van der Waals surface area (Å²) in [6.07, 6.45) is 0. The van der Waals surface area contributed by atoms with Gasteiger partial charge in [0.25, 0.3) is 0 Å². The summed E-state index contributed by atoms with van der Waals surface area (Å²) in [5.41, 5.74) is 5.36. The molecule has 1 aromatic heterocycles. The maximum Gasteiger partial charge on any atom is 0.189 e. The van der Waals surface area contributed by atoms with Gasteiger partial charge >= 0.3 is 0 Å². The molecule has 0 aliphatic rings. The van der Waals surface area contributed by atoms with Crippen molar-refractivity contribution in [3.8, 4) is 0 Å². The van der Waals surface area contributed by atoms with Crippen LogP contribution in [-0.2, 0) is 19.6 Å². The molecular formula is C25H23ClN2O. The topological polar surface area (TPSA) is 36.1 Å². The monoisotopic (exact) mass is 402 g/mol. The van der Waals surface area contributed by atoms with Crippen molar-refractivity contribution < 1.29 is 0 Å². The average molecular weight is 403 g/mol. The smallest absolute Gasteiger partial charge is 0.189 e. The largest absolute Gasteiger partial charge is 0.357 e. The predicted octanol–water partition coefficient (Wildman–Crippen LogP) is 5.69. The third kappa shape index (κ3) is 4.94. The van der Waals surface area contributed by atoms with Crippen LogP contribution in [0.3, 0.4) is 0 Å². The Morgan fingerprint density at radius 1 is 0.828 bits per heavy atom. The van der Waals surface area contributed by atoms with E-state index in [9.17, 15) is 4.79 Å². The Morgan fingerprint density at radius 3 is 2.24 bits per heavy atom. The molecule has 1 N–H and O–H groups in total. The number of H-pyrrole nitrogens is 1. The quantitative estimate of drug-likeness (QED) is 0.449. The van der Waals surface area contributed by atoms with E-state index in [0.29, 0.717) is 6.54 Å². The minimum Gasteiger partial charge on any atom is -0.357 e. The first-order valence-electron chi connectivity index (χ1n) is 9.70. The van der Waals surface area contributed by atoms with Crippen LogP contribution in [0.2, 0.25) is 5.02 Å². The molecule has 4 rings (SSSR count). The van der Waals surface area contributed by atoms with Gasteiger partial charge in [-0.15, -0.1) is 0 Å².